The van der Waals surface area contributed by atoms with Crippen LogP contribution >= 0.6 is 0 Å². The molecule has 0 saturated carbocycles. The molecular formula is C14H21NO2. The molecule has 0 saturated heterocycles. The van der Waals surface area contributed by atoms with Crippen molar-refractivity contribution in [2.24, 2.45) is 0 Å². The van der Waals surface area contributed by atoms with Crippen molar-refractivity contribution in [2.75, 3.05) is 27.4 Å². The molecule has 1 rings (SSSR count). The quantitative estimate of drug-likeness (QED) is 0.699. The highest BCUT2D eigenvalue weighted by atomic mass is 16.5. The Morgan fingerprint density at radius 3 is 2.65 bits per heavy atom. The molecule has 0 radical (unpaired) electrons. The Kier molecular flexibility index (Phi) is 6.55. The lowest BCUT2D eigenvalue weighted by Crippen LogP contribution is -2.33. The van der Waals surface area contributed by atoms with Gasteiger partial charge in [0.25, 0.3) is 0 Å². The molecule has 0 amide bonds. The van der Waals surface area contributed by atoms with Gasteiger partial charge in [-0.05, 0) is 18.2 Å². The van der Waals surface area contributed by atoms with E-state index in [2.05, 4.69) is 24.0 Å². The Labute approximate surface area is 103 Å². The minimum atomic E-state index is 0.138. The molecule has 17 heavy (non-hydrogen) atoms. The van der Waals surface area contributed by atoms with Gasteiger partial charge < -0.3 is 14.8 Å². The third-order valence-electron chi connectivity index (χ3n) is 2.57. The maximum absolute atomic E-state index is 5.66. The second-order valence-electron chi connectivity index (χ2n) is 3.93. The van der Waals surface area contributed by atoms with Gasteiger partial charge in [0.05, 0.1) is 25.9 Å². The molecule has 94 valence electrons. The van der Waals surface area contributed by atoms with Crippen molar-refractivity contribution >= 4 is 0 Å². The molecule has 0 aliphatic heterocycles. The standard InChI is InChI=1S/C14H21NO2/c1-12(9-16-3)14(15-2)11-17-10-13-7-5-4-6-8-13/h4-8,14-15H,1,9-11H2,2-3H3. The topological polar surface area (TPSA) is 30.5 Å². The third-order valence-corrected chi connectivity index (χ3v) is 2.57. The highest BCUT2D eigenvalue weighted by Gasteiger charge is 2.10. The number of hydrogen-bond acceptors (Lipinski definition) is 3. The lowest BCUT2D eigenvalue weighted by molar-refractivity contribution is 0.103. The summed E-state index contributed by atoms with van der Waals surface area (Å²) in [6.45, 7) is 5.76. The average molecular weight is 235 g/mol. The zero-order valence-electron chi connectivity index (χ0n) is 10.6. The van der Waals surface area contributed by atoms with Gasteiger partial charge in [0, 0.05) is 7.11 Å². The number of nitrogens with one attached hydrogen (secondary N) is 1. The average Bonchev–Trinajstić information content (AvgIpc) is 2.36. The molecule has 1 aromatic carbocycles. The van der Waals surface area contributed by atoms with Gasteiger partial charge in [0.15, 0.2) is 0 Å². The summed E-state index contributed by atoms with van der Waals surface area (Å²) < 4.78 is 10.7. The maximum atomic E-state index is 5.66. The second-order valence-corrected chi connectivity index (χ2v) is 3.93. The van der Waals surface area contributed by atoms with Crippen LogP contribution in [0.15, 0.2) is 42.5 Å². The number of ether oxygens (including phenoxy) is 2. The van der Waals surface area contributed by atoms with Crippen LogP contribution in [-0.2, 0) is 16.1 Å². The van der Waals surface area contributed by atoms with Gasteiger partial charge in [-0.3, -0.25) is 0 Å². The monoisotopic (exact) mass is 235 g/mol. The molecule has 0 bridgehead atoms. The summed E-state index contributed by atoms with van der Waals surface area (Å²) in [7, 11) is 3.57. The predicted octanol–water partition coefficient (Wildman–Crippen LogP) is 1.99. The summed E-state index contributed by atoms with van der Waals surface area (Å²) in [5.74, 6) is 0. The first-order chi connectivity index (χ1) is 8.27. The van der Waals surface area contributed by atoms with Crippen LogP contribution in [0.3, 0.4) is 0 Å². The second kappa shape index (κ2) is 8.01. The van der Waals surface area contributed by atoms with Crippen LogP contribution in [0.5, 0.6) is 0 Å². The van der Waals surface area contributed by atoms with Gasteiger partial charge in [-0.15, -0.1) is 0 Å². The highest BCUT2D eigenvalue weighted by Crippen LogP contribution is 2.04. The van der Waals surface area contributed by atoms with E-state index >= 15 is 0 Å². The normalized spacial score (nSPS) is 12.4. The van der Waals surface area contributed by atoms with E-state index in [0.29, 0.717) is 19.8 Å². The Bertz CT molecular complexity index is 324. The Balaban J connectivity index is 2.31. The van der Waals surface area contributed by atoms with Gasteiger partial charge in [-0.1, -0.05) is 36.9 Å². The van der Waals surface area contributed by atoms with Gasteiger partial charge in [-0.25, -0.2) is 0 Å². The van der Waals surface area contributed by atoms with Crippen molar-refractivity contribution in [3.8, 4) is 0 Å². The number of methoxy groups -OCH3 is 1. The van der Waals surface area contributed by atoms with E-state index in [1.54, 1.807) is 7.11 Å². The lowest BCUT2D eigenvalue weighted by atomic mass is 10.1. The lowest BCUT2D eigenvalue weighted by Gasteiger charge is -2.18. The predicted molar refractivity (Wildman–Crippen MR) is 70.0 cm³/mol. The molecule has 1 N–H and O–H groups in total. The fourth-order valence-corrected chi connectivity index (χ4v) is 1.56. The highest BCUT2D eigenvalue weighted by molar-refractivity contribution is 5.13. The Morgan fingerprint density at radius 1 is 1.35 bits per heavy atom. The van der Waals surface area contributed by atoms with E-state index in [9.17, 15) is 0 Å². The SMILES string of the molecule is C=C(COC)C(COCc1ccccc1)NC. The summed E-state index contributed by atoms with van der Waals surface area (Å²) in [6, 6.07) is 10.3. The molecular weight excluding hydrogens is 214 g/mol. The molecule has 0 aromatic heterocycles. The smallest absolute Gasteiger partial charge is 0.0717 e. The largest absolute Gasteiger partial charge is 0.380 e. The molecule has 0 spiro atoms. The molecule has 0 heterocycles. The Morgan fingerprint density at radius 2 is 2.06 bits per heavy atom. The zero-order valence-corrected chi connectivity index (χ0v) is 10.6. The first-order valence-corrected chi connectivity index (χ1v) is 5.73. The Hall–Kier alpha value is -1.16. The minimum absolute atomic E-state index is 0.138. The zero-order chi connectivity index (χ0) is 12.5. The number of benzene rings is 1. The molecule has 3 heteroatoms. The fourth-order valence-electron chi connectivity index (χ4n) is 1.56. The molecule has 1 unspecified atom stereocenters. The number of hydrogen-bond donors (Lipinski definition) is 1. The van der Waals surface area contributed by atoms with Crippen molar-refractivity contribution in [1.82, 2.24) is 5.32 Å². The van der Waals surface area contributed by atoms with Crippen molar-refractivity contribution in [3.63, 3.8) is 0 Å². The van der Waals surface area contributed by atoms with Crippen molar-refractivity contribution in [3.05, 3.63) is 48.0 Å². The van der Waals surface area contributed by atoms with E-state index in [1.807, 2.05) is 25.2 Å². The summed E-state index contributed by atoms with van der Waals surface area (Å²) >= 11 is 0. The fraction of sp³-hybridized carbons (Fsp3) is 0.429. The van der Waals surface area contributed by atoms with E-state index in [4.69, 9.17) is 9.47 Å². The van der Waals surface area contributed by atoms with Crippen LogP contribution in [0.4, 0.5) is 0 Å². The first kappa shape index (κ1) is 13.9. The summed E-state index contributed by atoms with van der Waals surface area (Å²) in [5.41, 5.74) is 2.18. The molecule has 1 atom stereocenters. The van der Waals surface area contributed by atoms with Gasteiger partial charge in [-0.2, -0.15) is 0 Å². The number of rotatable bonds is 8. The van der Waals surface area contributed by atoms with E-state index in [1.165, 1.54) is 5.56 Å². The van der Waals surface area contributed by atoms with Crippen LogP contribution in [0.25, 0.3) is 0 Å². The summed E-state index contributed by atoms with van der Waals surface area (Å²) in [6.07, 6.45) is 0. The molecule has 0 fully saturated rings. The van der Waals surface area contributed by atoms with Gasteiger partial charge in [0.1, 0.15) is 0 Å². The first-order valence-electron chi connectivity index (χ1n) is 5.73. The molecule has 3 nitrogen and oxygen atoms in total. The van der Waals surface area contributed by atoms with Gasteiger partial charge in [0.2, 0.25) is 0 Å². The minimum Gasteiger partial charge on any atom is -0.380 e. The van der Waals surface area contributed by atoms with Crippen LogP contribution < -0.4 is 5.32 Å². The van der Waals surface area contributed by atoms with E-state index in [0.717, 1.165) is 5.57 Å². The van der Waals surface area contributed by atoms with Crippen LogP contribution in [-0.4, -0.2) is 33.4 Å². The number of likely N-dealkylation sites (N-methyl/N-ethyl adjacent to an activating group) is 1. The van der Waals surface area contributed by atoms with Crippen LogP contribution in [0.2, 0.25) is 0 Å². The summed E-state index contributed by atoms with van der Waals surface area (Å²) in [4.78, 5) is 0. The van der Waals surface area contributed by atoms with Crippen LogP contribution in [0, 0.1) is 0 Å². The maximum Gasteiger partial charge on any atom is 0.0717 e. The third kappa shape index (κ3) is 5.13. The molecule has 0 aliphatic rings. The van der Waals surface area contributed by atoms with Crippen molar-refractivity contribution in [2.45, 2.75) is 12.6 Å². The summed E-state index contributed by atoms with van der Waals surface area (Å²) in [5, 5.41) is 3.17. The van der Waals surface area contributed by atoms with E-state index in [-0.39, 0.29) is 6.04 Å². The molecule has 0 aliphatic carbocycles. The van der Waals surface area contributed by atoms with Crippen molar-refractivity contribution in [1.29, 1.82) is 0 Å². The van der Waals surface area contributed by atoms with Crippen LogP contribution in [0.1, 0.15) is 5.56 Å². The van der Waals surface area contributed by atoms with Gasteiger partial charge >= 0.3 is 0 Å². The van der Waals surface area contributed by atoms with E-state index < -0.39 is 0 Å². The van der Waals surface area contributed by atoms with Crippen molar-refractivity contribution < 1.29 is 9.47 Å². The molecule has 1 aromatic rings.